The molecule has 1 saturated heterocycles. The van der Waals surface area contributed by atoms with Crippen LogP contribution in [0.3, 0.4) is 0 Å². The molecule has 0 bridgehead atoms. The zero-order valence-corrected chi connectivity index (χ0v) is 16.9. The van der Waals surface area contributed by atoms with Gasteiger partial charge in [0.15, 0.2) is 0 Å². The summed E-state index contributed by atoms with van der Waals surface area (Å²) in [6.07, 6.45) is 0.673. The predicted octanol–water partition coefficient (Wildman–Crippen LogP) is 2.47. The topological polar surface area (TPSA) is 110 Å². The Hall–Kier alpha value is -2.98. The molecule has 0 aliphatic carbocycles. The van der Waals surface area contributed by atoms with E-state index in [2.05, 4.69) is 0 Å². The fraction of sp³-hybridized carbons (Fsp3) is 0.316. The lowest BCUT2D eigenvalue weighted by Crippen LogP contribution is -2.48. The summed E-state index contributed by atoms with van der Waals surface area (Å²) in [4.78, 5) is 22.6. The first kappa shape index (κ1) is 20.7. The molecule has 3 rings (SSSR count). The van der Waals surface area contributed by atoms with Crippen molar-refractivity contribution in [3.8, 4) is 11.5 Å². The van der Waals surface area contributed by atoms with Crippen LogP contribution >= 0.6 is 0 Å². The van der Waals surface area contributed by atoms with Gasteiger partial charge in [-0.25, -0.2) is 8.42 Å². The number of non-ortho nitro benzene ring substituents is 1. The zero-order valence-electron chi connectivity index (χ0n) is 16.1. The molecule has 9 nitrogen and oxygen atoms in total. The van der Waals surface area contributed by atoms with Crippen molar-refractivity contribution in [3.05, 3.63) is 57.6 Å². The lowest BCUT2D eigenvalue weighted by molar-refractivity contribution is -0.385. The smallest absolute Gasteiger partial charge is 0.271 e. The van der Waals surface area contributed by atoms with Gasteiger partial charge in [0, 0.05) is 38.3 Å². The average Bonchev–Trinajstić information content (AvgIpc) is 2.67. The fourth-order valence-electron chi connectivity index (χ4n) is 3.20. The van der Waals surface area contributed by atoms with Crippen LogP contribution in [-0.4, -0.2) is 55.1 Å². The Morgan fingerprint density at radius 1 is 1.03 bits per heavy atom. The van der Waals surface area contributed by atoms with Gasteiger partial charge >= 0.3 is 0 Å². The summed E-state index contributed by atoms with van der Waals surface area (Å²) in [7, 11) is -4.06. The van der Waals surface area contributed by atoms with E-state index in [0.29, 0.717) is 12.2 Å². The third-order valence-electron chi connectivity index (χ3n) is 4.60. The van der Waals surface area contributed by atoms with Gasteiger partial charge in [0.25, 0.3) is 5.69 Å². The molecule has 154 valence electrons. The number of carbonyl (C=O) groups excluding carboxylic acids is 1. The summed E-state index contributed by atoms with van der Waals surface area (Å²) >= 11 is 0. The van der Waals surface area contributed by atoms with Gasteiger partial charge in [-0.1, -0.05) is 6.07 Å². The molecule has 0 N–H and O–H groups in total. The van der Waals surface area contributed by atoms with Crippen molar-refractivity contribution in [3.63, 3.8) is 0 Å². The van der Waals surface area contributed by atoms with Gasteiger partial charge < -0.3 is 9.64 Å². The van der Waals surface area contributed by atoms with Crippen LogP contribution in [0.5, 0.6) is 11.5 Å². The molecule has 0 unspecified atom stereocenters. The predicted molar refractivity (Wildman–Crippen MR) is 105 cm³/mol. The molecule has 0 radical (unpaired) electrons. The van der Waals surface area contributed by atoms with Crippen LogP contribution in [0.1, 0.15) is 11.1 Å². The number of benzene rings is 2. The number of hydrogen-bond donors (Lipinski definition) is 0. The first-order valence-electron chi connectivity index (χ1n) is 8.95. The minimum Gasteiger partial charge on any atom is -0.456 e. The van der Waals surface area contributed by atoms with Crippen LogP contribution in [0.2, 0.25) is 0 Å². The van der Waals surface area contributed by atoms with Gasteiger partial charge in [-0.15, -0.1) is 0 Å². The second-order valence-corrected chi connectivity index (χ2v) is 8.77. The van der Waals surface area contributed by atoms with E-state index in [0.717, 1.165) is 17.2 Å². The van der Waals surface area contributed by atoms with Crippen molar-refractivity contribution >= 4 is 22.1 Å². The summed E-state index contributed by atoms with van der Waals surface area (Å²) < 4.78 is 33.5. The first-order valence-corrected chi connectivity index (χ1v) is 10.4. The molecule has 1 aliphatic rings. The van der Waals surface area contributed by atoms with E-state index in [4.69, 9.17) is 4.74 Å². The van der Waals surface area contributed by atoms with E-state index in [9.17, 15) is 23.3 Å². The highest BCUT2D eigenvalue weighted by atomic mass is 32.2. The number of nitro groups is 1. The Morgan fingerprint density at radius 2 is 1.66 bits per heavy atom. The molecule has 0 aromatic heterocycles. The van der Waals surface area contributed by atoms with E-state index in [1.807, 2.05) is 19.9 Å². The molecular weight excluding hydrogens is 398 g/mol. The number of piperazine rings is 1. The highest BCUT2D eigenvalue weighted by Gasteiger charge is 2.32. The molecule has 1 fully saturated rings. The number of nitro benzene ring substituents is 1. The maximum Gasteiger partial charge on any atom is 0.271 e. The van der Waals surface area contributed by atoms with Crippen LogP contribution in [0.25, 0.3) is 0 Å². The molecule has 2 aromatic carbocycles. The number of sulfonamides is 1. The summed E-state index contributed by atoms with van der Waals surface area (Å²) in [6, 6.07) is 8.99. The maximum absolute atomic E-state index is 13.2. The van der Waals surface area contributed by atoms with Gasteiger partial charge in [0.1, 0.15) is 16.4 Å². The van der Waals surface area contributed by atoms with Gasteiger partial charge in [-0.3, -0.25) is 14.9 Å². The van der Waals surface area contributed by atoms with Crippen LogP contribution in [0.4, 0.5) is 5.69 Å². The lowest BCUT2D eigenvalue weighted by atomic mass is 10.1. The molecular formula is C19H21N3O6S. The van der Waals surface area contributed by atoms with Gasteiger partial charge in [0.05, 0.1) is 4.92 Å². The van der Waals surface area contributed by atoms with Crippen molar-refractivity contribution < 1.29 is 22.9 Å². The number of nitrogens with zero attached hydrogens (tertiary/aromatic N) is 3. The van der Waals surface area contributed by atoms with Crippen molar-refractivity contribution in [2.45, 2.75) is 18.7 Å². The highest BCUT2D eigenvalue weighted by molar-refractivity contribution is 7.89. The van der Waals surface area contributed by atoms with Gasteiger partial charge in [-0.05, 0) is 43.2 Å². The largest absolute Gasteiger partial charge is 0.456 e. The first-order chi connectivity index (χ1) is 13.7. The quantitative estimate of drug-likeness (QED) is 0.404. The molecule has 10 heteroatoms. The van der Waals surface area contributed by atoms with Gasteiger partial charge in [-0.2, -0.15) is 4.31 Å². The van der Waals surface area contributed by atoms with E-state index in [1.54, 1.807) is 12.1 Å². The third-order valence-corrected chi connectivity index (χ3v) is 6.52. The normalized spacial score (nSPS) is 15.2. The summed E-state index contributed by atoms with van der Waals surface area (Å²) in [5.74, 6) is 0.456. The Morgan fingerprint density at radius 3 is 2.21 bits per heavy atom. The Bertz CT molecular complexity index is 1030. The molecule has 0 atom stereocenters. The van der Waals surface area contributed by atoms with Crippen molar-refractivity contribution in [1.82, 2.24) is 9.21 Å². The molecule has 0 saturated carbocycles. The Kier molecular flexibility index (Phi) is 5.85. The summed E-state index contributed by atoms with van der Waals surface area (Å²) in [6.45, 7) is 4.50. The molecule has 1 heterocycles. The Balaban J connectivity index is 2.02. The molecule has 29 heavy (non-hydrogen) atoms. The number of ether oxygens (including phenoxy) is 1. The maximum atomic E-state index is 13.2. The van der Waals surface area contributed by atoms with Crippen LogP contribution in [0.15, 0.2) is 41.3 Å². The SMILES string of the molecule is Cc1cc(C)cc(Oc2ccc([N+](=O)[O-])cc2S(=O)(=O)N2CCN(C=O)CC2)c1. The van der Waals surface area contributed by atoms with E-state index >= 15 is 0 Å². The van der Waals surface area contributed by atoms with E-state index in [1.165, 1.54) is 21.3 Å². The number of carbonyl (C=O) groups is 1. The number of rotatable bonds is 6. The van der Waals surface area contributed by atoms with Crippen LogP contribution < -0.4 is 4.74 Å². The Labute approximate surface area is 168 Å². The fourth-order valence-corrected chi connectivity index (χ4v) is 4.76. The minimum absolute atomic E-state index is 0.0124. The molecule has 1 amide bonds. The van der Waals surface area contributed by atoms with Crippen LogP contribution in [0, 0.1) is 24.0 Å². The number of hydrogen-bond acceptors (Lipinski definition) is 6. The second-order valence-electron chi connectivity index (χ2n) is 6.86. The zero-order chi connectivity index (χ0) is 21.2. The van der Waals surface area contributed by atoms with Crippen molar-refractivity contribution in [1.29, 1.82) is 0 Å². The average molecular weight is 419 g/mol. The summed E-state index contributed by atoms with van der Waals surface area (Å²) in [5, 5.41) is 11.2. The lowest BCUT2D eigenvalue weighted by Gasteiger charge is -2.32. The van der Waals surface area contributed by atoms with Crippen molar-refractivity contribution in [2.75, 3.05) is 26.2 Å². The standard InChI is InChI=1S/C19H21N3O6S/c1-14-9-15(2)11-17(10-14)28-18-4-3-16(22(24)25)12-19(18)29(26,27)21-7-5-20(13-23)6-8-21/h3-4,9-13H,5-8H2,1-2H3. The highest BCUT2D eigenvalue weighted by Crippen LogP contribution is 2.34. The monoisotopic (exact) mass is 419 g/mol. The van der Waals surface area contributed by atoms with Gasteiger partial charge in [0.2, 0.25) is 16.4 Å². The summed E-state index contributed by atoms with van der Waals surface area (Å²) in [5.41, 5.74) is 1.54. The molecule has 2 aromatic rings. The van der Waals surface area contributed by atoms with E-state index in [-0.39, 0.29) is 42.5 Å². The van der Waals surface area contributed by atoms with E-state index < -0.39 is 14.9 Å². The third kappa shape index (κ3) is 4.54. The molecule has 0 spiro atoms. The second kappa shape index (κ2) is 8.18. The van der Waals surface area contributed by atoms with Crippen molar-refractivity contribution in [2.24, 2.45) is 0 Å². The van der Waals surface area contributed by atoms with Crippen LogP contribution in [-0.2, 0) is 14.8 Å². The minimum atomic E-state index is -4.06. The number of amides is 1. The number of aryl methyl sites for hydroxylation is 2. The molecule has 1 aliphatic heterocycles.